The molecule has 1 unspecified atom stereocenters. The minimum absolute atomic E-state index is 0.186. The normalized spacial score (nSPS) is 17.5. The van der Waals surface area contributed by atoms with E-state index in [2.05, 4.69) is 25.3 Å². The highest BCUT2D eigenvalue weighted by Crippen LogP contribution is 2.20. The van der Waals surface area contributed by atoms with Gasteiger partial charge in [0.05, 0.1) is 17.8 Å². The zero-order valence-corrected chi connectivity index (χ0v) is 15.9. The average Bonchev–Trinajstić information content (AvgIpc) is 3.39. The SMILES string of the molecule is O=C(NCC1CCCN(Cc2nc(-c3ccco3)no2)C1)c1ccc(Cl)cn1. The molecule has 28 heavy (non-hydrogen) atoms. The highest BCUT2D eigenvalue weighted by atomic mass is 35.5. The second-order valence-electron chi connectivity index (χ2n) is 6.80. The molecule has 0 spiro atoms. The van der Waals surface area contributed by atoms with Gasteiger partial charge in [-0.25, -0.2) is 4.98 Å². The van der Waals surface area contributed by atoms with Gasteiger partial charge in [-0.3, -0.25) is 9.69 Å². The van der Waals surface area contributed by atoms with Gasteiger partial charge in [-0.2, -0.15) is 4.98 Å². The summed E-state index contributed by atoms with van der Waals surface area (Å²) in [6.07, 6.45) is 5.17. The Kier molecular flexibility index (Phi) is 5.68. The van der Waals surface area contributed by atoms with Crippen molar-refractivity contribution in [3.05, 3.63) is 53.3 Å². The second-order valence-corrected chi connectivity index (χ2v) is 7.24. The summed E-state index contributed by atoms with van der Waals surface area (Å²) in [4.78, 5) is 22.9. The van der Waals surface area contributed by atoms with Crippen LogP contribution in [0.3, 0.4) is 0 Å². The zero-order valence-electron chi connectivity index (χ0n) is 15.2. The number of carbonyl (C=O) groups is 1. The fourth-order valence-corrected chi connectivity index (χ4v) is 3.43. The second kappa shape index (κ2) is 8.53. The molecule has 0 aromatic carbocycles. The fourth-order valence-electron chi connectivity index (χ4n) is 3.32. The van der Waals surface area contributed by atoms with Crippen LogP contribution in [-0.2, 0) is 6.54 Å². The van der Waals surface area contributed by atoms with E-state index in [0.29, 0.717) is 47.2 Å². The van der Waals surface area contributed by atoms with Crippen LogP contribution in [0.2, 0.25) is 5.02 Å². The monoisotopic (exact) mass is 401 g/mol. The third-order valence-electron chi connectivity index (χ3n) is 4.68. The van der Waals surface area contributed by atoms with Crippen LogP contribution in [0.25, 0.3) is 11.6 Å². The lowest BCUT2D eigenvalue weighted by Gasteiger charge is -2.31. The molecule has 1 aliphatic heterocycles. The van der Waals surface area contributed by atoms with Crippen LogP contribution in [0.1, 0.15) is 29.2 Å². The molecule has 0 bridgehead atoms. The lowest BCUT2D eigenvalue weighted by Crippen LogP contribution is -2.40. The van der Waals surface area contributed by atoms with E-state index in [4.69, 9.17) is 20.5 Å². The van der Waals surface area contributed by atoms with Crippen molar-refractivity contribution in [3.8, 4) is 11.6 Å². The van der Waals surface area contributed by atoms with Crippen molar-refractivity contribution in [2.45, 2.75) is 19.4 Å². The molecule has 9 heteroatoms. The van der Waals surface area contributed by atoms with Gasteiger partial charge in [0.2, 0.25) is 11.7 Å². The third-order valence-corrected chi connectivity index (χ3v) is 4.91. The Balaban J connectivity index is 1.28. The van der Waals surface area contributed by atoms with Crippen LogP contribution in [0.15, 0.2) is 45.7 Å². The Bertz CT molecular complexity index is 910. The number of aromatic nitrogens is 3. The molecule has 1 aliphatic rings. The smallest absolute Gasteiger partial charge is 0.269 e. The first kappa shape index (κ1) is 18.6. The first-order valence-corrected chi connectivity index (χ1v) is 9.54. The van der Waals surface area contributed by atoms with E-state index >= 15 is 0 Å². The minimum Gasteiger partial charge on any atom is -0.461 e. The van der Waals surface area contributed by atoms with Gasteiger partial charge in [0.1, 0.15) is 5.69 Å². The van der Waals surface area contributed by atoms with Gasteiger partial charge >= 0.3 is 0 Å². The Morgan fingerprint density at radius 2 is 2.29 bits per heavy atom. The van der Waals surface area contributed by atoms with Crippen LogP contribution in [-0.4, -0.2) is 45.6 Å². The van der Waals surface area contributed by atoms with Crippen molar-refractivity contribution in [1.82, 2.24) is 25.3 Å². The first-order chi connectivity index (χ1) is 13.7. The molecule has 4 rings (SSSR count). The average molecular weight is 402 g/mol. The molecule has 1 amide bonds. The van der Waals surface area contributed by atoms with E-state index in [-0.39, 0.29) is 5.91 Å². The maximum absolute atomic E-state index is 12.2. The molecule has 1 N–H and O–H groups in total. The topological polar surface area (TPSA) is 97.3 Å². The molecule has 4 heterocycles. The number of amides is 1. The van der Waals surface area contributed by atoms with Crippen molar-refractivity contribution < 1.29 is 13.7 Å². The number of furan rings is 1. The summed E-state index contributed by atoms with van der Waals surface area (Å²) in [5, 5.41) is 7.43. The number of rotatable bonds is 6. The molecule has 8 nitrogen and oxygen atoms in total. The standard InChI is InChI=1S/C19H20ClN5O3/c20-14-5-6-15(21-10-14)19(26)22-9-13-3-1-7-25(11-13)12-17-23-18(24-28-17)16-4-2-8-27-16/h2,4-6,8,10,13H,1,3,7,9,11-12H2,(H,22,26). The molecule has 1 atom stereocenters. The summed E-state index contributed by atoms with van der Waals surface area (Å²) < 4.78 is 10.6. The van der Waals surface area contributed by atoms with Gasteiger partial charge in [0.15, 0.2) is 5.76 Å². The van der Waals surface area contributed by atoms with Gasteiger partial charge < -0.3 is 14.3 Å². The number of nitrogens with zero attached hydrogens (tertiary/aromatic N) is 4. The molecule has 0 radical (unpaired) electrons. The largest absolute Gasteiger partial charge is 0.461 e. The molecule has 0 saturated carbocycles. The summed E-state index contributed by atoms with van der Waals surface area (Å²) in [6, 6.07) is 6.86. The predicted octanol–water partition coefficient (Wildman–Crippen LogP) is 3.02. The number of hydrogen-bond acceptors (Lipinski definition) is 7. The number of pyridine rings is 1. The molecule has 0 aliphatic carbocycles. The van der Waals surface area contributed by atoms with Crippen LogP contribution >= 0.6 is 11.6 Å². The Morgan fingerprint density at radius 1 is 1.36 bits per heavy atom. The van der Waals surface area contributed by atoms with E-state index in [1.807, 2.05) is 0 Å². The van der Waals surface area contributed by atoms with Crippen LogP contribution < -0.4 is 5.32 Å². The molecule has 1 saturated heterocycles. The summed E-state index contributed by atoms with van der Waals surface area (Å²) in [6.45, 7) is 2.99. The van der Waals surface area contributed by atoms with E-state index in [1.165, 1.54) is 6.20 Å². The molecule has 146 valence electrons. The maximum atomic E-state index is 12.2. The molecular weight excluding hydrogens is 382 g/mol. The number of likely N-dealkylation sites (tertiary alicyclic amines) is 1. The van der Waals surface area contributed by atoms with Gasteiger partial charge in [0.25, 0.3) is 5.91 Å². The molecular formula is C19H20ClN5O3. The van der Waals surface area contributed by atoms with Crippen LogP contribution in [0, 0.1) is 5.92 Å². The third kappa shape index (κ3) is 4.58. The fraction of sp³-hybridized carbons (Fsp3) is 0.368. The van der Waals surface area contributed by atoms with Crippen molar-refractivity contribution in [2.24, 2.45) is 5.92 Å². The summed E-state index contributed by atoms with van der Waals surface area (Å²) in [5.41, 5.74) is 0.369. The first-order valence-electron chi connectivity index (χ1n) is 9.16. The van der Waals surface area contributed by atoms with Crippen molar-refractivity contribution in [1.29, 1.82) is 0 Å². The number of carbonyl (C=O) groups excluding carboxylic acids is 1. The number of nitrogens with one attached hydrogen (secondary N) is 1. The summed E-state index contributed by atoms with van der Waals surface area (Å²) >= 11 is 5.81. The van der Waals surface area contributed by atoms with Gasteiger partial charge in [0, 0.05) is 19.3 Å². The van der Waals surface area contributed by atoms with Crippen LogP contribution in [0.5, 0.6) is 0 Å². The highest BCUT2D eigenvalue weighted by molar-refractivity contribution is 6.30. The van der Waals surface area contributed by atoms with E-state index in [0.717, 1.165) is 25.9 Å². The zero-order chi connectivity index (χ0) is 19.3. The van der Waals surface area contributed by atoms with Gasteiger partial charge in [-0.05, 0) is 49.6 Å². The Labute approximate surface area is 166 Å². The van der Waals surface area contributed by atoms with Gasteiger partial charge in [-0.15, -0.1) is 0 Å². The van der Waals surface area contributed by atoms with E-state index in [9.17, 15) is 4.79 Å². The van der Waals surface area contributed by atoms with Crippen molar-refractivity contribution >= 4 is 17.5 Å². The summed E-state index contributed by atoms with van der Waals surface area (Å²) in [5.74, 6) is 1.77. The Hall–Kier alpha value is -2.71. The maximum Gasteiger partial charge on any atom is 0.269 e. The number of hydrogen-bond donors (Lipinski definition) is 1. The van der Waals surface area contributed by atoms with Crippen molar-refractivity contribution in [2.75, 3.05) is 19.6 Å². The van der Waals surface area contributed by atoms with E-state index < -0.39 is 0 Å². The molecule has 3 aromatic rings. The quantitative estimate of drug-likeness (QED) is 0.677. The lowest BCUT2D eigenvalue weighted by atomic mass is 9.98. The predicted molar refractivity (Wildman–Crippen MR) is 102 cm³/mol. The highest BCUT2D eigenvalue weighted by Gasteiger charge is 2.23. The van der Waals surface area contributed by atoms with Crippen molar-refractivity contribution in [3.63, 3.8) is 0 Å². The molecule has 1 fully saturated rings. The number of piperidine rings is 1. The van der Waals surface area contributed by atoms with E-state index in [1.54, 1.807) is 30.5 Å². The minimum atomic E-state index is -0.186. The number of halogens is 1. The Morgan fingerprint density at radius 3 is 3.07 bits per heavy atom. The van der Waals surface area contributed by atoms with Gasteiger partial charge in [-0.1, -0.05) is 16.8 Å². The summed E-state index contributed by atoms with van der Waals surface area (Å²) in [7, 11) is 0. The van der Waals surface area contributed by atoms with Crippen LogP contribution in [0.4, 0.5) is 0 Å². The lowest BCUT2D eigenvalue weighted by molar-refractivity contribution is 0.0921. The molecule has 3 aromatic heterocycles.